The van der Waals surface area contributed by atoms with Crippen LogP contribution in [0.5, 0.6) is 0 Å². The van der Waals surface area contributed by atoms with E-state index in [1.54, 1.807) is 11.8 Å². The van der Waals surface area contributed by atoms with Gasteiger partial charge in [-0.1, -0.05) is 11.3 Å². The summed E-state index contributed by atoms with van der Waals surface area (Å²) in [7, 11) is 0. The Bertz CT molecular complexity index is 866. The highest BCUT2D eigenvalue weighted by Gasteiger charge is 2.15. The van der Waals surface area contributed by atoms with Gasteiger partial charge in [0.15, 0.2) is 4.96 Å². The Labute approximate surface area is 115 Å². The van der Waals surface area contributed by atoms with Crippen LogP contribution < -0.4 is 5.56 Å². The van der Waals surface area contributed by atoms with Crippen molar-refractivity contribution in [1.29, 1.82) is 0 Å². The molecule has 5 nitrogen and oxygen atoms in total. The molecule has 1 aromatic carbocycles. The van der Waals surface area contributed by atoms with Crippen molar-refractivity contribution >= 4 is 44.2 Å². The molecule has 0 amide bonds. The maximum atomic E-state index is 12.1. The number of carbonyl (C=O) groups is 1. The van der Waals surface area contributed by atoms with Crippen LogP contribution in [0.25, 0.3) is 15.2 Å². The molecule has 19 heavy (non-hydrogen) atoms. The van der Waals surface area contributed by atoms with Crippen molar-refractivity contribution in [3.63, 3.8) is 0 Å². The summed E-state index contributed by atoms with van der Waals surface area (Å²) < 4.78 is 2.27. The third-order valence-corrected chi connectivity index (χ3v) is 4.51. The predicted molar refractivity (Wildman–Crippen MR) is 75.6 cm³/mol. The van der Waals surface area contributed by atoms with Crippen molar-refractivity contribution in [2.45, 2.75) is 4.90 Å². The third-order valence-electron chi connectivity index (χ3n) is 2.77. The van der Waals surface area contributed by atoms with Gasteiger partial charge in [0.05, 0.1) is 16.4 Å². The molecule has 0 aliphatic carbocycles. The van der Waals surface area contributed by atoms with Gasteiger partial charge < -0.3 is 5.11 Å². The van der Waals surface area contributed by atoms with E-state index in [1.165, 1.54) is 15.7 Å². The summed E-state index contributed by atoms with van der Waals surface area (Å²) in [6.45, 7) is 0. The van der Waals surface area contributed by atoms with Crippen LogP contribution in [-0.2, 0) is 0 Å². The summed E-state index contributed by atoms with van der Waals surface area (Å²) in [6, 6.07) is 5.69. The summed E-state index contributed by atoms with van der Waals surface area (Å²) in [5.74, 6) is -1.26. The summed E-state index contributed by atoms with van der Waals surface area (Å²) in [5.41, 5.74) is -0.162. The van der Waals surface area contributed by atoms with Gasteiger partial charge in [0.2, 0.25) is 0 Å². The number of hydrogen-bond acceptors (Lipinski definition) is 5. The molecule has 2 aromatic heterocycles. The maximum Gasteiger partial charge on any atom is 0.342 e. The average Bonchev–Trinajstić information content (AvgIpc) is 2.76. The topological polar surface area (TPSA) is 71.7 Å². The molecule has 3 rings (SSSR count). The van der Waals surface area contributed by atoms with Crippen LogP contribution in [-0.4, -0.2) is 26.7 Å². The lowest BCUT2D eigenvalue weighted by atomic mass is 10.3. The first-order chi connectivity index (χ1) is 9.11. The monoisotopic (exact) mass is 292 g/mol. The van der Waals surface area contributed by atoms with Gasteiger partial charge in [-0.15, -0.1) is 11.8 Å². The van der Waals surface area contributed by atoms with Gasteiger partial charge in [0.25, 0.3) is 5.56 Å². The molecular weight excluding hydrogens is 284 g/mol. The Hall–Kier alpha value is -1.86. The number of thiazole rings is 1. The molecule has 0 spiro atoms. The normalized spacial score (nSPS) is 11.2. The number of fused-ring (bicyclic) bond motifs is 3. The van der Waals surface area contributed by atoms with Gasteiger partial charge in [0.1, 0.15) is 5.56 Å². The number of carboxylic acids is 1. The summed E-state index contributed by atoms with van der Waals surface area (Å²) in [6.07, 6.45) is 3.09. The van der Waals surface area contributed by atoms with E-state index in [0.717, 1.165) is 15.8 Å². The summed E-state index contributed by atoms with van der Waals surface area (Å²) in [5, 5.41) is 8.96. The van der Waals surface area contributed by atoms with Crippen LogP contribution in [0.2, 0.25) is 0 Å². The van der Waals surface area contributed by atoms with Crippen LogP contribution in [0.15, 0.2) is 34.1 Å². The van der Waals surface area contributed by atoms with E-state index in [0.29, 0.717) is 10.5 Å². The third kappa shape index (κ3) is 1.82. The molecule has 7 heteroatoms. The van der Waals surface area contributed by atoms with Crippen LogP contribution in [0, 0.1) is 0 Å². The fraction of sp³-hybridized carbons (Fsp3) is 0.0833. The zero-order valence-corrected chi connectivity index (χ0v) is 11.4. The Morgan fingerprint density at radius 1 is 1.47 bits per heavy atom. The number of rotatable bonds is 2. The predicted octanol–water partition coefficient (Wildman–Crippen LogP) is 2.33. The molecule has 0 aliphatic heterocycles. The second kappa shape index (κ2) is 4.36. The van der Waals surface area contributed by atoms with Crippen molar-refractivity contribution in [1.82, 2.24) is 9.38 Å². The van der Waals surface area contributed by atoms with E-state index in [-0.39, 0.29) is 5.56 Å². The van der Waals surface area contributed by atoms with Gasteiger partial charge in [0, 0.05) is 4.90 Å². The number of hydrogen-bond donors (Lipinski definition) is 1. The highest BCUT2D eigenvalue weighted by atomic mass is 32.2. The maximum absolute atomic E-state index is 12.1. The van der Waals surface area contributed by atoms with Crippen molar-refractivity contribution in [2.75, 3.05) is 6.26 Å². The molecule has 1 N–H and O–H groups in total. The van der Waals surface area contributed by atoms with Gasteiger partial charge in [-0.3, -0.25) is 9.20 Å². The van der Waals surface area contributed by atoms with E-state index in [4.69, 9.17) is 5.11 Å². The van der Waals surface area contributed by atoms with Gasteiger partial charge in [-0.25, -0.2) is 9.78 Å². The number of aromatic nitrogens is 2. The number of nitrogens with zero attached hydrogens (tertiary/aromatic N) is 2. The SMILES string of the molecule is CSc1ccc2c(c1)sc1ncc(C(=O)O)c(=O)n12. The molecule has 3 aromatic rings. The second-order valence-electron chi connectivity index (χ2n) is 3.84. The highest BCUT2D eigenvalue weighted by Crippen LogP contribution is 2.27. The molecule has 0 radical (unpaired) electrons. The van der Waals surface area contributed by atoms with Crippen molar-refractivity contribution in [3.8, 4) is 0 Å². The van der Waals surface area contributed by atoms with Gasteiger partial charge >= 0.3 is 5.97 Å². The smallest absolute Gasteiger partial charge is 0.342 e. The van der Waals surface area contributed by atoms with Crippen LogP contribution in [0.3, 0.4) is 0 Å². The largest absolute Gasteiger partial charge is 0.477 e. The lowest BCUT2D eigenvalue weighted by Crippen LogP contribution is -2.21. The summed E-state index contributed by atoms with van der Waals surface area (Å²) in [4.78, 5) is 28.8. The zero-order valence-electron chi connectivity index (χ0n) is 9.78. The fourth-order valence-corrected chi connectivity index (χ4v) is 3.40. The first-order valence-electron chi connectivity index (χ1n) is 5.33. The van der Waals surface area contributed by atoms with Crippen LogP contribution in [0.1, 0.15) is 10.4 Å². The van der Waals surface area contributed by atoms with E-state index in [9.17, 15) is 9.59 Å². The average molecular weight is 292 g/mol. The molecule has 0 saturated heterocycles. The number of aromatic carboxylic acids is 1. The minimum absolute atomic E-state index is 0.314. The Kier molecular flexibility index (Phi) is 2.79. The van der Waals surface area contributed by atoms with Crippen molar-refractivity contribution < 1.29 is 9.90 Å². The highest BCUT2D eigenvalue weighted by molar-refractivity contribution is 7.98. The van der Waals surface area contributed by atoms with Crippen LogP contribution in [0.4, 0.5) is 0 Å². The Balaban J connectivity index is 2.46. The fourth-order valence-electron chi connectivity index (χ4n) is 1.86. The number of benzene rings is 1. The molecule has 2 heterocycles. The van der Waals surface area contributed by atoms with E-state index < -0.39 is 11.5 Å². The van der Waals surface area contributed by atoms with E-state index in [1.807, 2.05) is 24.5 Å². The molecule has 0 unspecified atom stereocenters. The van der Waals surface area contributed by atoms with Crippen molar-refractivity contribution in [3.05, 3.63) is 40.3 Å². The molecule has 0 bridgehead atoms. The van der Waals surface area contributed by atoms with Gasteiger partial charge in [-0.05, 0) is 24.5 Å². The molecule has 0 saturated carbocycles. The second-order valence-corrected chi connectivity index (χ2v) is 5.72. The molecular formula is C12H8N2O3S2. The molecule has 0 fully saturated rings. The molecule has 96 valence electrons. The van der Waals surface area contributed by atoms with Crippen molar-refractivity contribution in [2.24, 2.45) is 0 Å². The Morgan fingerprint density at radius 3 is 2.95 bits per heavy atom. The lowest BCUT2D eigenvalue weighted by molar-refractivity contribution is 0.0694. The molecule has 0 aliphatic rings. The zero-order chi connectivity index (χ0) is 13.6. The lowest BCUT2D eigenvalue weighted by Gasteiger charge is -1.98. The van der Waals surface area contributed by atoms with Gasteiger partial charge in [-0.2, -0.15) is 0 Å². The quantitative estimate of drug-likeness (QED) is 0.734. The molecule has 0 atom stereocenters. The summed E-state index contributed by atoms with van der Waals surface area (Å²) >= 11 is 2.98. The first-order valence-corrected chi connectivity index (χ1v) is 7.37. The van der Waals surface area contributed by atoms with E-state index >= 15 is 0 Å². The first kappa shape index (κ1) is 12.2. The number of thioether (sulfide) groups is 1. The minimum atomic E-state index is -1.26. The Morgan fingerprint density at radius 2 is 2.26 bits per heavy atom. The standard InChI is InChI=1S/C12H8N2O3S2/c1-18-6-2-3-8-9(4-6)19-12-13-5-7(11(16)17)10(15)14(8)12/h2-5H,1H3,(H,16,17). The number of carboxylic acid groups (broad SMARTS) is 1. The minimum Gasteiger partial charge on any atom is -0.477 e. The van der Waals surface area contributed by atoms with Crippen LogP contribution >= 0.6 is 23.1 Å². The van der Waals surface area contributed by atoms with E-state index in [2.05, 4.69) is 4.98 Å².